The van der Waals surface area contributed by atoms with Crippen molar-refractivity contribution in [3.05, 3.63) is 29.8 Å². The maximum absolute atomic E-state index is 12.2. The summed E-state index contributed by atoms with van der Waals surface area (Å²) in [5.41, 5.74) is 6.84. The summed E-state index contributed by atoms with van der Waals surface area (Å²) in [5, 5.41) is 11.9. The van der Waals surface area contributed by atoms with Gasteiger partial charge in [-0.15, -0.1) is 0 Å². The van der Waals surface area contributed by atoms with E-state index in [4.69, 9.17) is 5.73 Å². The van der Waals surface area contributed by atoms with Crippen LogP contribution in [0.4, 0.5) is 0 Å². The van der Waals surface area contributed by atoms with Gasteiger partial charge in [0.15, 0.2) is 0 Å². The lowest BCUT2D eigenvalue weighted by atomic mass is 10.1. The fourth-order valence-electron chi connectivity index (χ4n) is 2.20. The summed E-state index contributed by atoms with van der Waals surface area (Å²) in [6.45, 7) is 1.37. The number of amides is 2. The Kier molecular flexibility index (Phi) is 4.57. The first-order valence-corrected chi connectivity index (χ1v) is 6.65. The normalized spacial score (nSPS) is 17.2. The molecular weight excluding hydrogens is 258 g/mol. The number of aromatic hydroxyl groups is 1. The van der Waals surface area contributed by atoms with Gasteiger partial charge >= 0.3 is 0 Å². The lowest BCUT2D eigenvalue weighted by Crippen LogP contribution is -2.46. The third-order valence-corrected chi connectivity index (χ3v) is 3.33. The SMILES string of the molecule is N[C@@H](Cc1ccc(O)cc1)C(=O)N1CCNC(=O)CC1. The van der Waals surface area contributed by atoms with Gasteiger partial charge in [-0.2, -0.15) is 0 Å². The predicted octanol–water partition coefficient (Wildman–Crippen LogP) is -0.390. The second-order valence-electron chi connectivity index (χ2n) is 4.90. The molecule has 0 spiro atoms. The number of carbonyl (C=O) groups excluding carboxylic acids is 2. The highest BCUT2D eigenvalue weighted by Crippen LogP contribution is 2.12. The largest absolute Gasteiger partial charge is 0.508 e. The third kappa shape index (κ3) is 3.71. The Morgan fingerprint density at radius 1 is 1.35 bits per heavy atom. The fraction of sp³-hybridized carbons (Fsp3) is 0.429. The highest BCUT2D eigenvalue weighted by atomic mass is 16.3. The van der Waals surface area contributed by atoms with Gasteiger partial charge in [0.05, 0.1) is 6.04 Å². The molecule has 2 amide bonds. The van der Waals surface area contributed by atoms with Crippen molar-refractivity contribution in [3.63, 3.8) is 0 Å². The number of hydrogen-bond donors (Lipinski definition) is 3. The lowest BCUT2D eigenvalue weighted by molar-refractivity contribution is -0.132. The smallest absolute Gasteiger partial charge is 0.239 e. The average molecular weight is 277 g/mol. The number of hydrogen-bond acceptors (Lipinski definition) is 4. The van der Waals surface area contributed by atoms with E-state index >= 15 is 0 Å². The molecule has 0 bridgehead atoms. The highest BCUT2D eigenvalue weighted by molar-refractivity contribution is 5.83. The van der Waals surface area contributed by atoms with Crippen molar-refractivity contribution in [1.29, 1.82) is 0 Å². The number of rotatable bonds is 3. The number of phenolic OH excluding ortho intramolecular Hbond substituents is 1. The number of nitrogens with one attached hydrogen (secondary N) is 1. The molecule has 6 nitrogen and oxygen atoms in total. The minimum Gasteiger partial charge on any atom is -0.508 e. The van der Waals surface area contributed by atoms with E-state index in [0.29, 0.717) is 32.5 Å². The van der Waals surface area contributed by atoms with Crippen molar-refractivity contribution in [2.45, 2.75) is 18.9 Å². The van der Waals surface area contributed by atoms with Crippen LogP contribution in [0.3, 0.4) is 0 Å². The van der Waals surface area contributed by atoms with Crippen LogP contribution < -0.4 is 11.1 Å². The first-order valence-electron chi connectivity index (χ1n) is 6.65. The van der Waals surface area contributed by atoms with Crippen LogP contribution >= 0.6 is 0 Å². The van der Waals surface area contributed by atoms with Gasteiger partial charge in [-0.3, -0.25) is 9.59 Å². The molecule has 0 radical (unpaired) electrons. The van der Waals surface area contributed by atoms with Gasteiger partial charge in [0.25, 0.3) is 0 Å². The van der Waals surface area contributed by atoms with Crippen LogP contribution in [0.25, 0.3) is 0 Å². The zero-order valence-corrected chi connectivity index (χ0v) is 11.2. The molecule has 6 heteroatoms. The maximum Gasteiger partial charge on any atom is 0.239 e. The maximum atomic E-state index is 12.2. The predicted molar refractivity (Wildman–Crippen MR) is 74.0 cm³/mol. The molecule has 0 aromatic heterocycles. The van der Waals surface area contributed by atoms with Crippen molar-refractivity contribution in [1.82, 2.24) is 10.2 Å². The van der Waals surface area contributed by atoms with Crippen LogP contribution in [-0.2, 0) is 16.0 Å². The number of phenols is 1. The van der Waals surface area contributed by atoms with E-state index in [-0.39, 0.29) is 17.6 Å². The summed E-state index contributed by atoms with van der Waals surface area (Å²) in [6, 6.07) is 6.00. The van der Waals surface area contributed by atoms with E-state index in [0.717, 1.165) is 5.56 Å². The topological polar surface area (TPSA) is 95.7 Å². The summed E-state index contributed by atoms with van der Waals surface area (Å²) >= 11 is 0. The third-order valence-electron chi connectivity index (χ3n) is 3.33. The highest BCUT2D eigenvalue weighted by Gasteiger charge is 2.23. The van der Waals surface area contributed by atoms with E-state index in [1.54, 1.807) is 29.2 Å². The summed E-state index contributed by atoms with van der Waals surface area (Å²) in [6.07, 6.45) is 0.731. The van der Waals surface area contributed by atoms with Gasteiger partial charge in [0.2, 0.25) is 11.8 Å². The van der Waals surface area contributed by atoms with Crippen LogP contribution in [-0.4, -0.2) is 47.5 Å². The summed E-state index contributed by atoms with van der Waals surface area (Å²) in [5.74, 6) is 0.00716. The van der Waals surface area contributed by atoms with Crippen molar-refractivity contribution in [2.75, 3.05) is 19.6 Å². The number of nitrogens with two attached hydrogens (primary N) is 1. The molecule has 1 aliphatic heterocycles. The van der Waals surface area contributed by atoms with E-state index in [1.807, 2.05) is 0 Å². The molecular formula is C14H19N3O3. The molecule has 20 heavy (non-hydrogen) atoms. The molecule has 1 heterocycles. The molecule has 4 N–H and O–H groups in total. The van der Waals surface area contributed by atoms with E-state index in [1.165, 1.54) is 0 Å². The van der Waals surface area contributed by atoms with Crippen LogP contribution in [0.15, 0.2) is 24.3 Å². The van der Waals surface area contributed by atoms with Crippen LogP contribution in [0.2, 0.25) is 0 Å². The van der Waals surface area contributed by atoms with Crippen molar-refractivity contribution in [2.24, 2.45) is 5.73 Å². The van der Waals surface area contributed by atoms with Crippen molar-refractivity contribution < 1.29 is 14.7 Å². The minimum atomic E-state index is -0.632. The van der Waals surface area contributed by atoms with E-state index < -0.39 is 6.04 Å². The average Bonchev–Trinajstić information content (AvgIpc) is 2.65. The zero-order valence-electron chi connectivity index (χ0n) is 11.2. The summed E-state index contributed by atoms with van der Waals surface area (Å²) in [4.78, 5) is 25.1. The van der Waals surface area contributed by atoms with Crippen LogP contribution in [0.1, 0.15) is 12.0 Å². The number of benzene rings is 1. The molecule has 1 aromatic rings. The Hall–Kier alpha value is -2.08. The molecule has 1 saturated heterocycles. The van der Waals surface area contributed by atoms with Crippen molar-refractivity contribution >= 4 is 11.8 Å². The second-order valence-corrected chi connectivity index (χ2v) is 4.90. The Bertz CT molecular complexity index is 487. The summed E-state index contributed by atoms with van der Waals surface area (Å²) < 4.78 is 0. The first kappa shape index (κ1) is 14.3. The summed E-state index contributed by atoms with van der Waals surface area (Å²) in [7, 11) is 0. The first-order chi connectivity index (χ1) is 9.56. The Morgan fingerprint density at radius 2 is 2.05 bits per heavy atom. The van der Waals surface area contributed by atoms with Crippen LogP contribution in [0, 0.1) is 0 Å². The number of carbonyl (C=O) groups is 2. The Labute approximate surface area is 117 Å². The standard InChI is InChI=1S/C14H19N3O3/c15-12(9-10-1-3-11(18)4-2-10)14(20)17-7-5-13(19)16-6-8-17/h1-4,12,18H,5-9,15H2,(H,16,19)/t12-/m0/s1. The molecule has 1 fully saturated rings. The van der Waals surface area contributed by atoms with Crippen molar-refractivity contribution in [3.8, 4) is 5.75 Å². The lowest BCUT2D eigenvalue weighted by Gasteiger charge is -2.23. The monoisotopic (exact) mass is 277 g/mol. The quantitative estimate of drug-likeness (QED) is 0.701. The van der Waals surface area contributed by atoms with E-state index in [9.17, 15) is 14.7 Å². The second kappa shape index (κ2) is 6.38. The minimum absolute atomic E-state index is 0.0348. The van der Waals surface area contributed by atoms with Gasteiger partial charge in [-0.1, -0.05) is 12.1 Å². The molecule has 108 valence electrons. The van der Waals surface area contributed by atoms with E-state index in [2.05, 4.69) is 5.32 Å². The molecule has 0 aliphatic carbocycles. The van der Waals surface area contributed by atoms with Gasteiger partial charge in [0, 0.05) is 26.1 Å². The molecule has 1 atom stereocenters. The Morgan fingerprint density at radius 3 is 2.75 bits per heavy atom. The molecule has 1 aliphatic rings. The molecule has 0 saturated carbocycles. The van der Waals surface area contributed by atoms with Gasteiger partial charge < -0.3 is 21.1 Å². The Balaban J connectivity index is 1.94. The zero-order chi connectivity index (χ0) is 14.5. The van der Waals surface area contributed by atoms with Crippen LogP contribution in [0.5, 0.6) is 5.75 Å². The molecule has 0 unspecified atom stereocenters. The van der Waals surface area contributed by atoms with Gasteiger partial charge in [-0.05, 0) is 24.1 Å². The number of nitrogens with zero attached hydrogens (tertiary/aromatic N) is 1. The van der Waals surface area contributed by atoms with Gasteiger partial charge in [0.1, 0.15) is 5.75 Å². The molecule has 1 aromatic carbocycles. The fourth-order valence-corrected chi connectivity index (χ4v) is 2.20. The molecule has 2 rings (SSSR count). The van der Waals surface area contributed by atoms with Gasteiger partial charge in [-0.25, -0.2) is 0 Å².